The number of hydrogen-bond donors (Lipinski definition) is 1. The van der Waals surface area contributed by atoms with Crippen molar-refractivity contribution in [2.75, 3.05) is 12.3 Å². The molecular weight excluding hydrogens is 643 g/mol. The van der Waals surface area contributed by atoms with Gasteiger partial charge in [-0.25, -0.2) is 15.0 Å². The molecule has 0 spiro atoms. The van der Waals surface area contributed by atoms with Crippen LogP contribution in [0.15, 0.2) is 6.33 Å². The van der Waals surface area contributed by atoms with Gasteiger partial charge in [0.2, 0.25) is 0 Å². The Morgan fingerprint density at radius 3 is 1.76 bits per heavy atom. The Morgan fingerprint density at radius 2 is 1.28 bits per heavy atom. The summed E-state index contributed by atoms with van der Waals surface area (Å²) in [5.74, 6) is 4.26. The van der Waals surface area contributed by atoms with Gasteiger partial charge in [0.05, 0.1) is 6.61 Å². The number of ether oxygens (including phenoxy) is 1. The zero-order chi connectivity index (χ0) is 35.5. The van der Waals surface area contributed by atoms with Gasteiger partial charge in [0, 0.05) is 0 Å². The molecule has 1 fully saturated rings. The number of fused-ring (bicyclic) bond motifs is 1. The molecule has 1 aliphatic rings. The normalized spacial score (nSPS) is 22.3. The van der Waals surface area contributed by atoms with Crippen LogP contribution in [0.1, 0.15) is 74.4 Å². The maximum Gasteiger partial charge on any atom is 0.192 e. The predicted molar refractivity (Wildman–Crippen MR) is 201 cm³/mol. The van der Waals surface area contributed by atoms with Crippen LogP contribution < -0.4 is 5.73 Å². The van der Waals surface area contributed by atoms with Gasteiger partial charge >= 0.3 is 0 Å². The van der Waals surface area contributed by atoms with Crippen molar-refractivity contribution in [2.45, 2.75) is 161 Å². The Kier molecular flexibility index (Phi) is 10.9. The van der Waals surface area contributed by atoms with Crippen LogP contribution in [-0.4, -0.2) is 77.5 Å². The second kappa shape index (κ2) is 12.8. The molecule has 0 aliphatic carbocycles. The molecule has 9 nitrogen and oxygen atoms in total. The minimum absolute atomic E-state index is 0.0190. The highest BCUT2D eigenvalue weighted by molar-refractivity contribution is 6.84. The Labute approximate surface area is 283 Å². The molecule has 3 rings (SSSR count). The first kappa shape index (κ1) is 39.1. The molecule has 13 heteroatoms. The zero-order valence-electron chi connectivity index (χ0n) is 32.1. The van der Waals surface area contributed by atoms with Gasteiger partial charge in [0.15, 0.2) is 54.0 Å². The Hall–Kier alpha value is -1.38. The van der Waals surface area contributed by atoms with E-state index >= 15 is 0 Å². The van der Waals surface area contributed by atoms with Gasteiger partial charge in [-0.3, -0.25) is 4.57 Å². The van der Waals surface area contributed by atoms with Gasteiger partial charge in [0.25, 0.3) is 0 Å². The maximum atomic E-state index is 7.38. The summed E-state index contributed by atoms with van der Waals surface area (Å²) in [7, 11) is -8.51. The third-order valence-corrected chi connectivity index (χ3v) is 24.8. The van der Waals surface area contributed by atoms with Crippen LogP contribution >= 0.6 is 0 Å². The fraction of sp³-hybridized carbons (Fsp3) is 0.788. The van der Waals surface area contributed by atoms with Crippen molar-refractivity contribution >= 4 is 50.0 Å². The lowest BCUT2D eigenvalue weighted by molar-refractivity contribution is -0.0473. The van der Waals surface area contributed by atoms with Gasteiger partial charge in [-0.1, -0.05) is 82.0 Å². The standard InChI is InChI=1S/C33H63N5O4Si4/c1-31(2,3)44(13,14)39-21-23-26(41-45(15,16)32(4,5)6)27(42-46(17,18)33(7,8)9)30(40-23)38-24(19-20-43(10,11)12)37-25-28(34)35-22-36-29(25)38/h22-23,26-27,30H,21H2,1-18H3,(H2,34,35,36)/t23-,26-,27-,30-/m1/s1. The SMILES string of the molecule is CC(C)(C)[Si](C)(C)OC[C@H]1O[C@@H](n2c(C#C[Si](C)(C)C)nc3c(N)ncnc32)[C@H](O[Si](C)(C)C(C)(C)C)[C@@H]1O[Si](C)(C)C(C)(C)C. The highest BCUT2D eigenvalue weighted by Crippen LogP contribution is 2.47. The van der Waals surface area contributed by atoms with E-state index in [4.69, 9.17) is 28.7 Å². The van der Waals surface area contributed by atoms with Crippen LogP contribution in [-0.2, 0) is 18.0 Å². The van der Waals surface area contributed by atoms with E-state index in [1.807, 2.05) is 4.57 Å². The highest BCUT2D eigenvalue weighted by Gasteiger charge is 2.55. The lowest BCUT2D eigenvalue weighted by Crippen LogP contribution is -2.54. The third kappa shape index (κ3) is 8.42. The van der Waals surface area contributed by atoms with Crippen molar-refractivity contribution < 1.29 is 18.0 Å². The Bertz CT molecular complexity index is 1450. The van der Waals surface area contributed by atoms with Gasteiger partial charge in [-0.15, -0.1) is 5.54 Å². The Balaban J connectivity index is 2.32. The van der Waals surface area contributed by atoms with Crippen LogP contribution in [0.2, 0.25) is 74.0 Å². The second-order valence-corrected chi connectivity index (χ2v) is 37.6. The maximum absolute atomic E-state index is 7.38. The minimum Gasteiger partial charge on any atom is -0.414 e. The van der Waals surface area contributed by atoms with E-state index in [2.05, 4.69) is 143 Å². The topological polar surface area (TPSA) is 107 Å². The van der Waals surface area contributed by atoms with E-state index in [0.717, 1.165) is 0 Å². The predicted octanol–water partition coefficient (Wildman–Crippen LogP) is 8.34. The fourth-order valence-electron chi connectivity index (χ4n) is 4.36. The van der Waals surface area contributed by atoms with Gasteiger partial charge < -0.3 is 23.7 Å². The molecule has 4 atom stereocenters. The summed E-state index contributed by atoms with van der Waals surface area (Å²) in [6.07, 6.45) is -0.339. The summed E-state index contributed by atoms with van der Waals surface area (Å²) >= 11 is 0. The molecule has 0 unspecified atom stereocenters. The van der Waals surface area contributed by atoms with E-state index in [9.17, 15) is 0 Å². The molecule has 0 radical (unpaired) electrons. The average Bonchev–Trinajstić information content (AvgIpc) is 3.37. The van der Waals surface area contributed by atoms with Crippen LogP contribution in [0.3, 0.4) is 0 Å². The molecule has 0 saturated carbocycles. The number of anilines is 1. The van der Waals surface area contributed by atoms with Crippen molar-refractivity contribution in [1.29, 1.82) is 0 Å². The molecule has 46 heavy (non-hydrogen) atoms. The first-order valence-electron chi connectivity index (χ1n) is 16.7. The van der Waals surface area contributed by atoms with Gasteiger partial charge in [0.1, 0.15) is 32.7 Å². The molecule has 0 bridgehead atoms. The van der Waals surface area contributed by atoms with Crippen LogP contribution in [0.25, 0.3) is 11.2 Å². The first-order chi connectivity index (χ1) is 20.5. The largest absolute Gasteiger partial charge is 0.414 e. The molecule has 0 amide bonds. The molecule has 260 valence electrons. The number of hydrogen-bond acceptors (Lipinski definition) is 8. The molecule has 2 N–H and O–H groups in total. The van der Waals surface area contributed by atoms with Crippen molar-refractivity contribution in [1.82, 2.24) is 19.5 Å². The first-order valence-corrected chi connectivity index (χ1v) is 28.9. The lowest BCUT2D eigenvalue weighted by Gasteiger charge is -2.44. The second-order valence-electron chi connectivity index (χ2n) is 18.6. The monoisotopic (exact) mass is 705 g/mol. The van der Waals surface area contributed by atoms with E-state index in [0.29, 0.717) is 29.4 Å². The third-order valence-electron chi connectivity index (χ3n) is 10.5. The molecule has 2 aromatic rings. The van der Waals surface area contributed by atoms with E-state index in [1.54, 1.807) is 0 Å². The highest BCUT2D eigenvalue weighted by atomic mass is 28.4. The minimum atomic E-state index is -2.35. The zero-order valence-corrected chi connectivity index (χ0v) is 36.1. The number of nitrogen functional groups attached to an aromatic ring is 1. The fourth-order valence-corrected chi connectivity index (χ4v) is 8.46. The van der Waals surface area contributed by atoms with Crippen molar-refractivity contribution in [2.24, 2.45) is 0 Å². The number of nitrogens with zero attached hydrogens (tertiary/aromatic N) is 4. The number of nitrogens with two attached hydrogens (primary N) is 1. The van der Waals surface area contributed by atoms with E-state index in [-0.39, 0.29) is 27.3 Å². The molecule has 1 saturated heterocycles. The molecular formula is C33H63N5O4Si4. The summed E-state index contributed by atoms with van der Waals surface area (Å²) in [6.45, 7) is 41.1. The summed E-state index contributed by atoms with van der Waals surface area (Å²) in [6, 6.07) is 0. The summed E-state index contributed by atoms with van der Waals surface area (Å²) in [5.41, 5.74) is 11.0. The smallest absolute Gasteiger partial charge is 0.192 e. The van der Waals surface area contributed by atoms with Crippen molar-refractivity contribution in [3.63, 3.8) is 0 Å². The summed E-state index contributed by atoms with van der Waals surface area (Å²) < 4.78 is 30.7. The molecule has 3 heterocycles. The quantitative estimate of drug-likeness (QED) is 0.216. The molecule has 0 aromatic carbocycles. The van der Waals surface area contributed by atoms with Crippen molar-refractivity contribution in [3.05, 3.63) is 12.2 Å². The van der Waals surface area contributed by atoms with Gasteiger partial charge in [-0.05, 0) is 60.3 Å². The van der Waals surface area contributed by atoms with E-state index in [1.165, 1.54) is 6.33 Å². The Morgan fingerprint density at radius 1 is 0.783 bits per heavy atom. The van der Waals surface area contributed by atoms with Gasteiger partial charge in [-0.2, -0.15) is 0 Å². The van der Waals surface area contributed by atoms with Crippen molar-refractivity contribution in [3.8, 4) is 11.5 Å². The van der Waals surface area contributed by atoms with E-state index < -0.39 is 45.4 Å². The summed E-state index contributed by atoms with van der Waals surface area (Å²) in [5, 5.41) is -0.0138. The van der Waals surface area contributed by atoms with Crippen LogP contribution in [0.4, 0.5) is 5.82 Å². The van der Waals surface area contributed by atoms with Crippen LogP contribution in [0.5, 0.6) is 0 Å². The average molecular weight is 706 g/mol. The lowest BCUT2D eigenvalue weighted by atomic mass is 10.1. The number of aromatic nitrogens is 4. The summed E-state index contributed by atoms with van der Waals surface area (Å²) in [4.78, 5) is 13.8. The van der Waals surface area contributed by atoms with Crippen LogP contribution in [0, 0.1) is 11.5 Å². The number of imidazole rings is 1. The molecule has 2 aromatic heterocycles. The number of rotatable bonds is 8. The molecule has 1 aliphatic heterocycles.